The molecule has 1 aromatic heterocycles. The quantitative estimate of drug-likeness (QED) is 0.218. The van der Waals surface area contributed by atoms with Gasteiger partial charge in [-0.05, 0) is 78.8 Å². The van der Waals surface area contributed by atoms with Crippen LogP contribution in [0.5, 0.6) is 5.75 Å². The minimum Gasteiger partial charge on any atom is -0.493 e. The number of hydrogen-bond acceptors (Lipinski definition) is 4. The third-order valence-electron chi connectivity index (χ3n) is 7.86. The van der Waals surface area contributed by atoms with Crippen LogP contribution in [0.1, 0.15) is 65.8 Å². The van der Waals surface area contributed by atoms with E-state index in [9.17, 15) is 4.79 Å². The van der Waals surface area contributed by atoms with Gasteiger partial charge in [0.15, 0.2) is 0 Å². The summed E-state index contributed by atoms with van der Waals surface area (Å²) in [7, 11) is 0. The van der Waals surface area contributed by atoms with Crippen LogP contribution in [0.15, 0.2) is 60.7 Å². The van der Waals surface area contributed by atoms with Gasteiger partial charge in [-0.3, -0.25) is 4.79 Å². The number of halogens is 1. The zero-order chi connectivity index (χ0) is 31.4. The molecule has 1 unspecified atom stereocenters. The Kier molecular flexibility index (Phi) is 13.4. The summed E-state index contributed by atoms with van der Waals surface area (Å²) in [5.41, 5.74) is 6.86. The maximum atomic E-state index is 11.2. The highest BCUT2D eigenvalue weighted by Crippen LogP contribution is 2.29. The Morgan fingerprint density at radius 2 is 1.67 bits per heavy atom. The number of para-hydroxylation sites is 1. The number of H-pyrrole nitrogens is 1. The van der Waals surface area contributed by atoms with E-state index in [1.807, 2.05) is 49.9 Å². The van der Waals surface area contributed by atoms with Gasteiger partial charge in [-0.1, -0.05) is 76.9 Å². The van der Waals surface area contributed by atoms with Crippen molar-refractivity contribution in [2.75, 3.05) is 37.7 Å². The molecule has 232 valence electrons. The average Bonchev–Trinajstić information content (AvgIpc) is 3.42. The predicted octanol–water partition coefficient (Wildman–Crippen LogP) is 8.95. The normalized spacial score (nSPS) is 13.5. The first kappa shape index (κ1) is 34.0. The second kappa shape index (κ2) is 17.0. The van der Waals surface area contributed by atoms with E-state index in [2.05, 4.69) is 72.0 Å². The van der Waals surface area contributed by atoms with Crippen molar-refractivity contribution in [2.24, 2.45) is 5.92 Å². The molecular formula is C36H49ClN4O2. The lowest BCUT2D eigenvalue weighted by atomic mass is 10.0. The fourth-order valence-corrected chi connectivity index (χ4v) is 5.29. The molecule has 0 aliphatic carbocycles. The zero-order valence-electron chi connectivity index (χ0n) is 27.0. The molecule has 0 radical (unpaired) electrons. The van der Waals surface area contributed by atoms with E-state index in [4.69, 9.17) is 16.3 Å². The van der Waals surface area contributed by atoms with Gasteiger partial charge < -0.3 is 19.5 Å². The molecule has 1 atom stereocenters. The molecule has 1 N–H and O–H groups in total. The van der Waals surface area contributed by atoms with Gasteiger partial charge >= 0.3 is 0 Å². The van der Waals surface area contributed by atoms with Crippen molar-refractivity contribution in [3.05, 3.63) is 77.1 Å². The van der Waals surface area contributed by atoms with Gasteiger partial charge in [-0.2, -0.15) is 0 Å². The predicted molar refractivity (Wildman–Crippen MR) is 182 cm³/mol. The number of carbonyl (C=O) groups excluding carboxylic acids is 1. The SMILES string of the molecule is CC.CC(=O)N1CCN(c2ccccc2Cl)CC1.CCc1cc(-c2ccc3nc(C)[nH]c3c2)ccc1OCCC(C)CC. The molecule has 4 aromatic rings. The number of benzene rings is 3. The fourth-order valence-electron chi connectivity index (χ4n) is 5.04. The van der Waals surface area contributed by atoms with Crippen LogP contribution in [0.2, 0.25) is 5.02 Å². The number of nitrogens with one attached hydrogen (secondary N) is 1. The summed E-state index contributed by atoms with van der Waals surface area (Å²) in [6.07, 6.45) is 3.29. The molecule has 0 saturated carbocycles. The number of hydrogen-bond donors (Lipinski definition) is 1. The Morgan fingerprint density at radius 3 is 2.33 bits per heavy atom. The maximum Gasteiger partial charge on any atom is 0.219 e. The topological polar surface area (TPSA) is 61.5 Å². The van der Waals surface area contributed by atoms with E-state index in [0.717, 1.165) is 78.9 Å². The number of anilines is 1. The molecule has 6 nitrogen and oxygen atoms in total. The lowest BCUT2D eigenvalue weighted by molar-refractivity contribution is -0.129. The van der Waals surface area contributed by atoms with E-state index in [1.165, 1.54) is 23.1 Å². The summed E-state index contributed by atoms with van der Waals surface area (Å²) < 4.78 is 6.05. The van der Waals surface area contributed by atoms with Crippen LogP contribution in [-0.4, -0.2) is 53.6 Å². The number of imidazole rings is 1. The summed E-state index contributed by atoms with van der Waals surface area (Å²) in [5.74, 6) is 2.84. The summed E-state index contributed by atoms with van der Waals surface area (Å²) in [4.78, 5) is 23.1. The Labute approximate surface area is 263 Å². The number of fused-ring (bicyclic) bond motifs is 1. The molecule has 1 aliphatic heterocycles. The minimum atomic E-state index is 0.152. The Balaban J connectivity index is 0.000000242. The lowest BCUT2D eigenvalue weighted by Crippen LogP contribution is -2.48. The number of amides is 1. The van der Waals surface area contributed by atoms with E-state index >= 15 is 0 Å². The van der Waals surface area contributed by atoms with E-state index in [-0.39, 0.29) is 5.91 Å². The molecule has 2 heterocycles. The number of aromatic nitrogens is 2. The van der Waals surface area contributed by atoms with Crippen LogP contribution in [0.25, 0.3) is 22.2 Å². The molecule has 1 aliphatic rings. The van der Waals surface area contributed by atoms with Crippen molar-refractivity contribution in [2.45, 2.75) is 67.7 Å². The van der Waals surface area contributed by atoms with Crippen molar-refractivity contribution in [3.63, 3.8) is 0 Å². The largest absolute Gasteiger partial charge is 0.493 e. The van der Waals surface area contributed by atoms with Crippen molar-refractivity contribution < 1.29 is 9.53 Å². The van der Waals surface area contributed by atoms with Gasteiger partial charge in [-0.15, -0.1) is 0 Å². The number of nitrogens with zero attached hydrogens (tertiary/aromatic N) is 3. The van der Waals surface area contributed by atoms with Crippen LogP contribution in [-0.2, 0) is 11.2 Å². The summed E-state index contributed by atoms with van der Waals surface area (Å²) in [5, 5.41) is 0.777. The Morgan fingerprint density at radius 1 is 1.00 bits per heavy atom. The molecule has 0 bridgehead atoms. The number of piperazine rings is 1. The molecule has 1 amide bonds. The van der Waals surface area contributed by atoms with Crippen LogP contribution in [0.4, 0.5) is 5.69 Å². The van der Waals surface area contributed by atoms with E-state index in [1.54, 1.807) is 6.92 Å². The number of aromatic amines is 1. The third kappa shape index (κ3) is 9.49. The summed E-state index contributed by atoms with van der Waals surface area (Å²) >= 11 is 6.13. The smallest absolute Gasteiger partial charge is 0.219 e. The second-order valence-electron chi connectivity index (χ2n) is 10.8. The van der Waals surface area contributed by atoms with Gasteiger partial charge in [0.2, 0.25) is 5.91 Å². The van der Waals surface area contributed by atoms with Gasteiger partial charge in [0.25, 0.3) is 0 Å². The van der Waals surface area contributed by atoms with Gasteiger partial charge in [-0.25, -0.2) is 4.98 Å². The van der Waals surface area contributed by atoms with Crippen molar-refractivity contribution in [3.8, 4) is 16.9 Å². The molecule has 1 saturated heterocycles. The highest BCUT2D eigenvalue weighted by atomic mass is 35.5. The first-order chi connectivity index (χ1) is 20.8. The molecule has 5 rings (SSSR count). The number of rotatable bonds is 8. The van der Waals surface area contributed by atoms with Crippen LogP contribution < -0.4 is 9.64 Å². The number of aryl methyl sites for hydroxylation is 2. The molecule has 43 heavy (non-hydrogen) atoms. The number of carbonyl (C=O) groups is 1. The molecule has 0 spiro atoms. The molecule has 1 fully saturated rings. The lowest BCUT2D eigenvalue weighted by Gasteiger charge is -2.36. The van der Waals surface area contributed by atoms with Gasteiger partial charge in [0.05, 0.1) is 28.4 Å². The minimum absolute atomic E-state index is 0.152. The van der Waals surface area contributed by atoms with E-state index < -0.39 is 0 Å². The van der Waals surface area contributed by atoms with Crippen LogP contribution >= 0.6 is 11.6 Å². The zero-order valence-corrected chi connectivity index (χ0v) is 27.8. The monoisotopic (exact) mass is 604 g/mol. The average molecular weight is 605 g/mol. The van der Waals surface area contributed by atoms with Crippen LogP contribution in [0, 0.1) is 12.8 Å². The highest BCUT2D eigenvalue weighted by molar-refractivity contribution is 6.33. The molecule has 3 aromatic carbocycles. The third-order valence-corrected chi connectivity index (χ3v) is 8.18. The van der Waals surface area contributed by atoms with Crippen molar-refractivity contribution in [1.29, 1.82) is 0 Å². The summed E-state index contributed by atoms with van der Waals surface area (Å²) in [6, 6.07) is 20.7. The van der Waals surface area contributed by atoms with Crippen molar-refractivity contribution in [1.82, 2.24) is 14.9 Å². The number of ether oxygens (including phenoxy) is 1. The Hall–Kier alpha value is -3.51. The summed E-state index contributed by atoms with van der Waals surface area (Å²) in [6.45, 7) is 18.3. The Bertz CT molecular complexity index is 1440. The first-order valence-electron chi connectivity index (χ1n) is 15.8. The van der Waals surface area contributed by atoms with Gasteiger partial charge in [0, 0.05) is 33.1 Å². The maximum absolute atomic E-state index is 11.2. The van der Waals surface area contributed by atoms with Crippen molar-refractivity contribution >= 4 is 34.2 Å². The standard InChI is InChI=1S/C22H28N2O.C12H15ClN2O.C2H6/c1-5-15(3)11-12-25-22-10-8-18(13-17(22)6-2)19-7-9-20-21(14-19)24-16(4)23-20;1-10(16)14-6-8-15(9-7-14)12-5-3-2-4-11(12)13;1-2/h7-10,13-15H,5-6,11-12H2,1-4H3,(H,23,24);2-5H,6-9H2,1H3;1-2H3. The van der Waals surface area contributed by atoms with Gasteiger partial charge in [0.1, 0.15) is 11.6 Å². The fraction of sp³-hybridized carbons (Fsp3) is 0.444. The second-order valence-corrected chi connectivity index (χ2v) is 11.2. The molecule has 7 heteroatoms. The van der Waals surface area contributed by atoms with E-state index in [0.29, 0.717) is 5.92 Å². The highest BCUT2D eigenvalue weighted by Gasteiger charge is 2.19. The molecular weight excluding hydrogens is 556 g/mol. The first-order valence-corrected chi connectivity index (χ1v) is 16.1. The van der Waals surface area contributed by atoms with Crippen LogP contribution in [0.3, 0.4) is 0 Å².